The van der Waals surface area contributed by atoms with Crippen molar-refractivity contribution in [2.45, 2.75) is 39.0 Å². The van der Waals surface area contributed by atoms with Crippen molar-refractivity contribution in [1.82, 2.24) is 24.8 Å². The van der Waals surface area contributed by atoms with Crippen LogP contribution in [0.25, 0.3) is 11.0 Å². The molecule has 1 fully saturated rings. The number of nitrogens with two attached hydrogens (primary N) is 1. The predicted octanol–water partition coefficient (Wildman–Crippen LogP) is 2.50. The molecule has 0 saturated carbocycles. The van der Waals surface area contributed by atoms with Crippen LogP contribution in [-0.2, 0) is 11.2 Å². The Bertz CT molecular complexity index is 939. The highest BCUT2D eigenvalue weighted by Gasteiger charge is 2.27. The predicted molar refractivity (Wildman–Crippen MR) is 104 cm³/mol. The lowest BCUT2D eigenvalue weighted by Gasteiger charge is -2.32. The number of fused-ring (bicyclic) bond motifs is 1. The number of rotatable bonds is 3. The van der Waals surface area contributed by atoms with E-state index in [1.54, 1.807) is 0 Å². The van der Waals surface area contributed by atoms with Gasteiger partial charge in [0.2, 0.25) is 11.9 Å². The molecule has 0 aliphatic carbocycles. The van der Waals surface area contributed by atoms with Crippen molar-refractivity contribution in [3.8, 4) is 0 Å². The van der Waals surface area contributed by atoms with Crippen LogP contribution in [0.1, 0.15) is 41.5 Å². The van der Waals surface area contributed by atoms with Gasteiger partial charge in [0.05, 0.1) is 17.5 Å². The van der Waals surface area contributed by atoms with Gasteiger partial charge in [-0.1, -0.05) is 12.1 Å². The summed E-state index contributed by atoms with van der Waals surface area (Å²) in [6.07, 6.45) is 2.32. The van der Waals surface area contributed by atoms with Gasteiger partial charge in [0.1, 0.15) is 5.82 Å². The van der Waals surface area contributed by atoms with Crippen LogP contribution in [0.4, 0.5) is 5.95 Å². The Morgan fingerprint density at radius 1 is 1.22 bits per heavy atom. The van der Waals surface area contributed by atoms with E-state index in [2.05, 4.69) is 15.0 Å². The number of piperidine rings is 1. The van der Waals surface area contributed by atoms with Crippen molar-refractivity contribution in [2.24, 2.45) is 0 Å². The van der Waals surface area contributed by atoms with Gasteiger partial charge in [-0.2, -0.15) is 0 Å². The van der Waals surface area contributed by atoms with Crippen molar-refractivity contribution >= 4 is 22.9 Å². The van der Waals surface area contributed by atoms with Crippen LogP contribution in [-0.4, -0.2) is 43.8 Å². The summed E-state index contributed by atoms with van der Waals surface area (Å²) in [5.74, 6) is 1.57. The van der Waals surface area contributed by atoms with E-state index in [0.717, 1.165) is 53.2 Å². The summed E-state index contributed by atoms with van der Waals surface area (Å²) in [7, 11) is 0. The zero-order chi connectivity index (χ0) is 19.0. The molecule has 140 valence electrons. The number of H-pyrrole nitrogens is 1. The molecular formula is C20H24N6O. The third-order valence-corrected chi connectivity index (χ3v) is 5.33. The highest BCUT2D eigenvalue weighted by Crippen LogP contribution is 2.27. The molecule has 2 aromatic heterocycles. The number of nitrogens with one attached hydrogen (secondary N) is 1. The number of likely N-dealkylation sites (tertiary alicyclic amines) is 1. The molecule has 1 saturated heterocycles. The molecule has 3 aromatic rings. The highest BCUT2D eigenvalue weighted by molar-refractivity contribution is 5.79. The highest BCUT2D eigenvalue weighted by atomic mass is 16.2. The van der Waals surface area contributed by atoms with E-state index < -0.39 is 0 Å². The molecule has 0 bridgehead atoms. The zero-order valence-corrected chi connectivity index (χ0v) is 15.7. The molecule has 3 N–H and O–H groups in total. The summed E-state index contributed by atoms with van der Waals surface area (Å²) in [5, 5.41) is 0. The summed E-state index contributed by atoms with van der Waals surface area (Å²) in [5.41, 5.74) is 10.1. The molecule has 1 aliphatic rings. The van der Waals surface area contributed by atoms with Crippen LogP contribution in [0.15, 0.2) is 24.3 Å². The fourth-order valence-electron chi connectivity index (χ4n) is 3.88. The van der Waals surface area contributed by atoms with Crippen LogP contribution in [0.5, 0.6) is 0 Å². The van der Waals surface area contributed by atoms with Crippen molar-refractivity contribution in [3.63, 3.8) is 0 Å². The summed E-state index contributed by atoms with van der Waals surface area (Å²) in [6.45, 7) is 5.22. The number of imidazole rings is 1. The topological polar surface area (TPSA) is 101 Å². The average Bonchev–Trinajstić information content (AvgIpc) is 3.09. The van der Waals surface area contributed by atoms with E-state index >= 15 is 0 Å². The minimum Gasteiger partial charge on any atom is -0.368 e. The molecule has 1 aromatic carbocycles. The Hall–Kier alpha value is -2.96. The van der Waals surface area contributed by atoms with Gasteiger partial charge in [-0.05, 0) is 38.8 Å². The van der Waals surface area contributed by atoms with Gasteiger partial charge in [0, 0.05) is 36.0 Å². The first-order chi connectivity index (χ1) is 13.0. The van der Waals surface area contributed by atoms with E-state index in [1.807, 2.05) is 43.0 Å². The molecular weight excluding hydrogens is 340 g/mol. The van der Waals surface area contributed by atoms with Gasteiger partial charge in [-0.3, -0.25) is 4.79 Å². The minimum absolute atomic E-state index is 0.107. The van der Waals surface area contributed by atoms with Crippen molar-refractivity contribution in [3.05, 3.63) is 47.0 Å². The van der Waals surface area contributed by atoms with Crippen LogP contribution in [0.2, 0.25) is 0 Å². The molecule has 1 unspecified atom stereocenters. The van der Waals surface area contributed by atoms with Gasteiger partial charge in [-0.15, -0.1) is 0 Å². The number of nitrogens with zero attached hydrogens (tertiary/aromatic N) is 4. The largest absolute Gasteiger partial charge is 0.368 e. The maximum absolute atomic E-state index is 12.9. The summed E-state index contributed by atoms with van der Waals surface area (Å²) in [6, 6.07) is 8.03. The second-order valence-electron chi connectivity index (χ2n) is 7.23. The van der Waals surface area contributed by atoms with Gasteiger partial charge < -0.3 is 15.6 Å². The van der Waals surface area contributed by atoms with Crippen LogP contribution < -0.4 is 5.73 Å². The summed E-state index contributed by atoms with van der Waals surface area (Å²) >= 11 is 0. The van der Waals surface area contributed by atoms with Gasteiger partial charge in [0.25, 0.3) is 0 Å². The Balaban J connectivity index is 1.50. The van der Waals surface area contributed by atoms with E-state index in [1.165, 1.54) is 0 Å². The normalized spacial score (nSPS) is 17.4. The van der Waals surface area contributed by atoms with E-state index in [-0.39, 0.29) is 17.8 Å². The second kappa shape index (κ2) is 6.98. The van der Waals surface area contributed by atoms with E-state index in [4.69, 9.17) is 10.7 Å². The molecule has 1 aliphatic heterocycles. The number of carbonyl (C=O) groups is 1. The third kappa shape index (κ3) is 3.49. The number of hydrogen-bond donors (Lipinski definition) is 2. The first-order valence-corrected chi connectivity index (χ1v) is 9.33. The summed E-state index contributed by atoms with van der Waals surface area (Å²) < 4.78 is 0. The zero-order valence-electron chi connectivity index (χ0n) is 15.7. The van der Waals surface area contributed by atoms with Crippen molar-refractivity contribution in [2.75, 3.05) is 18.8 Å². The van der Waals surface area contributed by atoms with Crippen molar-refractivity contribution < 1.29 is 4.79 Å². The maximum atomic E-state index is 12.9. The van der Waals surface area contributed by atoms with Gasteiger partial charge >= 0.3 is 0 Å². The number of anilines is 1. The number of amides is 1. The second-order valence-corrected chi connectivity index (χ2v) is 7.23. The molecule has 3 heterocycles. The molecule has 1 atom stereocenters. The monoisotopic (exact) mass is 364 g/mol. The number of nitrogen functional groups attached to an aromatic ring is 1. The Morgan fingerprint density at radius 3 is 2.70 bits per heavy atom. The number of carbonyl (C=O) groups excluding carboxylic acids is 1. The van der Waals surface area contributed by atoms with E-state index in [0.29, 0.717) is 13.0 Å². The Morgan fingerprint density at radius 2 is 1.96 bits per heavy atom. The van der Waals surface area contributed by atoms with Crippen LogP contribution in [0, 0.1) is 13.8 Å². The standard InChI is InChI=1S/C20H24N6O/c1-12-15(13(2)23-20(21)22-12)10-18(27)26-9-5-6-14(11-26)19-24-16-7-3-4-8-17(16)25-19/h3-4,7-8,14H,5-6,9-11H2,1-2H3,(H,24,25)(H2,21,22,23). The number of aromatic amines is 1. The minimum atomic E-state index is 0.107. The molecule has 7 nitrogen and oxygen atoms in total. The number of hydrogen-bond acceptors (Lipinski definition) is 5. The SMILES string of the molecule is Cc1nc(N)nc(C)c1CC(=O)N1CCCC(c2nc3ccccc3[nH]2)C1. The molecule has 1 amide bonds. The van der Waals surface area contributed by atoms with Gasteiger partial charge in [-0.25, -0.2) is 15.0 Å². The molecule has 27 heavy (non-hydrogen) atoms. The molecule has 4 rings (SSSR count). The number of benzene rings is 1. The first kappa shape index (κ1) is 17.5. The average molecular weight is 364 g/mol. The van der Waals surface area contributed by atoms with Crippen LogP contribution in [0.3, 0.4) is 0 Å². The molecule has 7 heteroatoms. The van der Waals surface area contributed by atoms with Crippen LogP contribution >= 0.6 is 0 Å². The fourth-order valence-corrected chi connectivity index (χ4v) is 3.88. The first-order valence-electron chi connectivity index (χ1n) is 9.33. The lowest BCUT2D eigenvalue weighted by Crippen LogP contribution is -2.40. The van der Waals surface area contributed by atoms with Crippen molar-refractivity contribution in [1.29, 1.82) is 0 Å². The molecule has 0 radical (unpaired) electrons. The summed E-state index contributed by atoms with van der Waals surface area (Å²) in [4.78, 5) is 31.4. The smallest absolute Gasteiger partial charge is 0.227 e. The lowest BCUT2D eigenvalue weighted by molar-refractivity contribution is -0.131. The number of aryl methyl sites for hydroxylation is 2. The van der Waals surface area contributed by atoms with Gasteiger partial charge in [0.15, 0.2) is 0 Å². The molecule has 0 spiro atoms. The fraction of sp³-hybridized carbons (Fsp3) is 0.400. The lowest BCUT2D eigenvalue weighted by atomic mass is 9.96. The third-order valence-electron chi connectivity index (χ3n) is 5.33. The number of aromatic nitrogens is 4. The Kier molecular flexibility index (Phi) is 4.51. The maximum Gasteiger partial charge on any atom is 0.227 e. The Labute approximate surface area is 158 Å². The number of para-hydroxylation sites is 2. The van der Waals surface area contributed by atoms with E-state index in [9.17, 15) is 4.79 Å². The quantitative estimate of drug-likeness (QED) is 0.744.